The highest BCUT2D eigenvalue weighted by atomic mass is 32.2. The summed E-state index contributed by atoms with van der Waals surface area (Å²) in [5.74, 6) is 1.55. The van der Waals surface area contributed by atoms with Crippen LogP contribution in [-0.4, -0.2) is 58.2 Å². The van der Waals surface area contributed by atoms with Gasteiger partial charge in [0, 0.05) is 36.7 Å². The molecular weight excluding hydrogens is 518 g/mol. The molecule has 2 N–H and O–H groups in total. The molecule has 3 aromatic rings. The van der Waals surface area contributed by atoms with Crippen molar-refractivity contribution >= 4 is 43.8 Å². The Balaban J connectivity index is 1.38. The molecule has 198 valence electrons. The molecule has 1 aromatic carbocycles. The second-order valence-corrected chi connectivity index (χ2v) is 13.3. The van der Waals surface area contributed by atoms with E-state index in [-0.39, 0.29) is 23.0 Å². The van der Waals surface area contributed by atoms with Gasteiger partial charge < -0.3 is 5.32 Å². The molecule has 1 atom stereocenters. The van der Waals surface area contributed by atoms with E-state index >= 15 is 0 Å². The normalized spacial score (nSPS) is 21.3. The fourth-order valence-corrected chi connectivity index (χ4v) is 6.10. The second kappa shape index (κ2) is 10.8. The van der Waals surface area contributed by atoms with E-state index in [0.29, 0.717) is 12.2 Å². The molecule has 1 aliphatic carbocycles. The van der Waals surface area contributed by atoms with Gasteiger partial charge in [0.1, 0.15) is 15.9 Å². The minimum atomic E-state index is -3.41. The molecule has 1 aliphatic heterocycles. The number of sulfone groups is 1. The van der Waals surface area contributed by atoms with Gasteiger partial charge in [-0.15, -0.1) is 10.2 Å². The summed E-state index contributed by atoms with van der Waals surface area (Å²) >= 11 is 1.50. The summed E-state index contributed by atoms with van der Waals surface area (Å²) in [5, 5.41) is 21.5. The summed E-state index contributed by atoms with van der Waals surface area (Å²) in [6.07, 6.45) is 10.8. The van der Waals surface area contributed by atoms with E-state index in [1.165, 1.54) is 11.3 Å². The third-order valence-electron chi connectivity index (χ3n) is 6.98. The summed E-state index contributed by atoms with van der Waals surface area (Å²) in [4.78, 5) is 14.1. The van der Waals surface area contributed by atoms with Gasteiger partial charge in [-0.2, -0.15) is 0 Å². The molecule has 2 aromatic heterocycles. The van der Waals surface area contributed by atoms with E-state index in [0.717, 1.165) is 70.0 Å². The average Bonchev–Trinajstić information content (AvgIpc) is 3.53. The first kappa shape index (κ1) is 26.3. The molecule has 3 heterocycles. The number of hydrogen-bond acceptors (Lipinski definition) is 10. The van der Waals surface area contributed by atoms with Gasteiger partial charge in [-0.25, -0.2) is 18.4 Å². The Bertz CT molecular complexity index is 1520. The van der Waals surface area contributed by atoms with Crippen LogP contribution in [0.25, 0.3) is 27.5 Å². The van der Waals surface area contributed by atoms with Gasteiger partial charge in [-0.1, -0.05) is 35.6 Å². The first-order valence-electron chi connectivity index (χ1n) is 12.7. The topological polar surface area (TPSA) is 134 Å². The number of allylic oxidation sites excluding steroid dienone is 1. The summed E-state index contributed by atoms with van der Waals surface area (Å²) in [7, 11) is -3.41. The highest BCUT2D eigenvalue weighted by Crippen LogP contribution is 2.34. The summed E-state index contributed by atoms with van der Waals surface area (Å²) < 4.78 is 23.3. The smallest absolute Gasteiger partial charge is 0.188 e. The highest BCUT2D eigenvalue weighted by molar-refractivity contribution is 8.05. The molecule has 1 fully saturated rings. The first-order chi connectivity index (χ1) is 18.2. The predicted octanol–water partition coefficient (Wildman–Crippen LogP) is 5.21. The zero-order valence-electron chi connectivity index (χ0n) is 21.7. The lowest BCUT2D eigenvalue weighted by molar-refractivity contribution is 0.346. The van der Waals surface area contributed by atoms with E-state index in [4.69, 9.17) is 15.4 Å². The number of aromatic nitrogens is 4. The van der Waals surface area contributed by atoms with E-state index in [9.17, 15) is 8.42 Å². The van der Waals surface area contributed by atoms with Crippen LogP contribution >= 0.6 is 11.3 Å². The van der Waals surface area contributed by atoms with Crippen LogP contribution < -0.4 is 5.32 Å². The van der Waals surface area contributed by atoms with Gasteiger partial charge >= 0.3 is 0 Å². The van der Waals surface area contributed by atoms with Crippen molar-refractivity contribution in [2.75, 3.05) is 11.6 Å². The molecule has 0 spiro atoms. The summed E-state index contributed by atoms with van der Waals surface area (Å²) in [6, 6.07) is 8.54. The number of rotatable bonds is 7. The Kier molecular flexibility index (Phi) is 7.49. The first-order valence-corrected chi connectivity index (χ1v) is 15.4. The minimum absolute atomic E-state index is 0.167. The Morgan fingerprint density at radius 3 is 2.58 bits per heavy atom. The Labute approximate surface area is 227 Å². The third-order valence-corrected chi connectivity index (χ3v) is 8.91. The van der Waals surface area contributed by atoms with Crippen LogP contribution in [0.5, 0.6) is 0 Å². The molecule has 1 saturated carbocycles. The molecule has 0 radical (unpaired) electrons. The predicted molar refractivity (Wildman–Crippen MR) is 154 cm³/mol. The molecule has 38 heavy (non-hydrogen) atoms. The Morgan fingerprint density at radius 2 is 1.92 bits per heavy atom. The molecule has 2 aliphatic rings. The van der Waals surface area contributed by atoms with Gasteiger partial charge in [-0.05, 0) is 62.7 Å². The van der Waals surface area contributed by atoms with Gasteiger partial charge in [0.15, 0.2) is 20.7 Å². The zero-order valence-corrected chi connectivity index (χ0v) is 23.3. The molecule has 9 nitrogen and oxygen atoms in total. The molecule has 0 saturated heterocycles. The SMILES string of the molecule is Cc1nnc(-c2cnc(-c3cccc(C4=CC(C)N=C4)c3)nc2NC2CCC(CC(=N)S(C)(=O)=O)CC2)s1. The van der Waals surface area contributed by atoms with Crippen LogP contribution in [0.2, 0.25) is 0 Å². The lowest BCUT2D eigenvalue weighted by Gasteiger charge is -2.29. The van der Waals surface area contributed by atoms with Gasteiger partial charge in [-0.3, -0.25) is 10.4 Å². The number of anilines is 1. The molecule has 1 unspecified atom stereocenters. The van der Waals surface area contributed by atoms with Crippen molar-refractivity contribution in [1.29, 1.82) is 5.41 Å². The van der Waals surface area contributed by atoms with Crippen molar-refractivity contribution in [3.8, 4) is 22.0 Å². The summed E-state index contributed by atoms with van der Waals surface area (Å²) in [6.45, 7) is 3.98. The molecular formula is C27H31N7O2S2. The van der Waals surface area contributed by atoms with Crippen LogP contribution in [0.1, 0.15) is 49.6 Å². The fourth-order valence-electron chi connectivity index (χ4n) is 4.86. The van der Waals surface area contributed by atoms with Gasteiger partial charge in [0.2, 0.25) is 0 Å². The molecule has 11 heteroatoms. The van der Waals surface area contributed by atoms with Gasteiger partial charge in [0.05, 0.1) is 11.6 Å². The minimum Gasteiger partial charge on any atom is -0.367 e. The van der Waals surface area contributed by atoms with Crippen LogP contribution in [-0.2, 0) is 9.84 Å². The maximum Gasteiger partial charge on any atom is 0.188 e. The quantitative estimate of drug-likeness (QED) is 0.305. The lowest BCUT2D eigenvalue weighted by Crippen LogP contribution is -2.28. The van der Waals surface area contributed by atoms with Crippen molar-refractivity contribution in [1.82, 2.24) is 20.2 Å². The van der Waals surface area contributed by atoms with E-state index in [1.54, 1.807) is 0 Å². The number of benzene rings is 1. The maximum absolute atomic E-state index is 11.7. The number of nitrogens with zero attached hydrogens (tertiary/aromatic N) is 5. The molecule has 5 rings (SSSR count). The number of hydrogen-bond donors (Lipinski definition) is 2. The monoisotopic (exact) mass is 549 g/mol. The van der Waals surface area contributed by atoms with Crippen molar-refractivity contribution in [2.24, 2.45) is 10.9 Å². The number of nitrogens with one attached hydrogen (secondary N) is 2. The van der Waals surface area contributed by atoms with Gasteiger partial charge in [0.25, 0.3) is 0 Å². The maximum atomic E-state index is 11.7. The zero-order chi connectivity index (χ0) is 26.9. The van der Waals surface area contributed by atoms with Crippen molar-refractivity contribution < 1.29 is 8.42 Å². The van der Waals surface area contributed by atoms with E-state index in [1.807, 2.05) is 31.5 Å². The average molecular weight is 550 g/mol. The van der Waals surface area contributed by atoms with Crippen LogP contribution in [0.4, 0.5) is 5.82 Å². The number of aryl methyl sites for hydroxylation is 1. The Hall–Kier alpha value is -3.31. The molecule has 0 amide bonds. The lowest BCUT2D eigenvalue weighted by atomic mass is 9.84. The van der Waals surface area contributed by atoms with Crippen LogP contribution in [0.15, 0.2) is 41.5 Å². The number of aliphatic imine (C=N–C) groups is 1. The van der Waals surface area contributed by atoms with Crippen molar-refractivity contribution in [2.45, 2.75) is 58.0 Å². The van der Waals surface area contributed by atoms with Crippen LogP contribution in [0, 0.1) is 18.3 Å². The molecule has 0 bridgehead atoms. The third kappa shape index (κ3) is 6.05. The largest absolute Gasteiger partial charge is 0.367 e. The van der Waals surface area contributed by atoms with E-state index in [2.05, 4.69) is 45.6 Å². The van der Waals surface area contributed by atoms with Crippen molar-refractivity contribution in [3.63, 3.8) is 0 Å². The highest BCUT2D eigenvalue weighted by Gasteiger charge is 2.26. The van der Waals surface area contributed by atoms with Crippen molar-refractivity contribution in [3.05, 3.63) is 47.1 Å². The fraction of sp³-hybridized carbons (Fsp3) is 0.407. The summed E-state index contributed by atoms with van der Waals surface area (Å²) in [5.41, 5.74) is 3.91. The van der Waals surface area contributed by atoms with Crippen LogP contribution in [0.3, 0.4) is 0 Å². The van der Waals surface area contributed by atoms with E-state index < -0.39 is 9.84 Å². The Morgan fingerprint density at radius 1 is 1.16 bits per heavy atom. The second-order valence-electron chi connectivity index (χ2n) is 10.1. The standard InChI is InChI=1S/C27H31N7O2S2/c1-16-11-21(14-29-16)19-5-4-6-20(13-19)25-30-15-23(27-34-33-17(2)37-27)26(32-25)31-22-9-7-18(8-10-22)12-24(28)38(3,35)36/h4-6,11,13-16,18,22,28H,7-10,12H2,1-3H3,(H,30,31,32).